The number of ether oxygens (including phenoxy) is 3. The molecule has 2 fully saturated rings. The topological polar surface area (TPSA) is 158 Å². The molecular weight excluding hydrogens is 753 g/mol. The van der Waals surface area contributed by atoms with E-state index >= 15 is 0 Å². The lowest BCUT2D eigenvalue weighted by molar-refractivity contribution is -0.163. The monoisotopic (exact) mass is 795 g/mol. The number of fused-ring (bicyclic) bond motifs is 2. The van der Waals surface area contributed by atoms with Crippen LogP contribution in [0.1, 0.15) is 42.4 Å². The fourth-order valence-corrected chi connectivity index (χ4v) is 7.35. The number of carbonyl (C=O) groups excluding carboxylic acids is 2. The molecule has 2 aliphatic heterocycles. The molecule has 2 amide bonds. The van der Waals surface area contributed by atoms with Crippen LogP contribution in [0.15, 0.2) is 70.7 Å². The average molecular weight is 797 g/mol. The van der Waals surface area contributed by atoms with Crippen molar-refractivity contribution in [2.24, 2.45) is 0 Å². The molecule has 2 heterocycles. The molecule has 1 saturated heterocycles. The second-order valence-electron chi connectivity index (χ2n) is 13.6. The number of nitrogens with one attached hydrogen (secondary N) is 1. The third-order valence-corrected chi connectivity index (χ3v) is 10.5. The largest absolute Gasteiger partial charge is 0.497 e. The van der Waals surface area contributed by atoms with Gasteiger partial charge in [-0.1, -0.05) is 24.3 Å². The Morgan fingerprint density at radius 3 is 2.30 bits per heavy atom. The molecule has 0 unspecified atom stereocenters. The first-order valence-corrected chi connectivity index (χ1v) is 18.3. The molecular formula is C39H43BrFN3O9. The van der Waals surface area contributed by atoms with E-state index in [1.165, 1.54) is 17.0 Å². The summed E-state index contributed by atoms with van der Waals surface area (Å²) in [6, 6.07) is 16.9. The smallest absolute Gasteiger partial charge is 0.335 e. The molecule has 4 atom stereocenters. The number of hydrogen-bond acceptors (Lipinski definition) is 9. The minimum atomic E-state index is -2.28. The second kappa shape index (κ2) is 16.7. The molecule has 0 spiro atoms. The maximum atomic E-state index is 14.8. The summed E-state index contributed by atoms with van der Waals surface area (Å²) in [5, 5.41) is 33.0. The van der Waals surface area contributed by atoms with Crippen molar-refractivity contribution in [3.8, 4) is 17.2 Å². The van der Waals surface area contributed by atoms with Crippen LogP contribution in [0.4, 0.5) is 4.39 Å². The van der Waals surface area contributed by atoms with Gasteiger partial charge in [-0.25, -0.2) is 9.18 Å². The van der Waals surface area contributed by atoms with Gasteiger partial charge in [-0.05, 0) is 94.6 Å². The molecule has 3 aromatic carbocycles. The van der Waals surface area contributed by atoms with E-state index in [1.807, 2.05) is 41.3 Å². The third-order valence-electron chi connectivity index (χ3n) is 9.83. The summed E-state index contributed by atoms with van der Waals surface area (Å²) in [5.74, 6) is -1.53. The summed E-state index contributed by atoms with van der Waals surface area (Å²) in [6.07, 6.45) is -0.938. The first kappa shape index (κ1) is 38.2. The van der Waals surface area contributed by atoms with E-state index in [4.69, 9.17) is 14.2 Å². The number of aliphatic hydroxyl groups is 2. The van der Waals surface area contributed by atoms with Crippen LogP contribution in [0.2, 0.25) is 0 Å². The van der Waals surface area contributed by atoms with Gasteiger partial charge in [0, 0.05) is 49.4 Å². The van der Waals surface area contributed by atoms with Gasteiger partial charge in [0.1, 0.15) is 23.1 Å². The van der Waals surface area contributed by atoms with E-state index in [1.54, 1.807) is 26.4 Å². The number of carboxylic acid groups (broad SMARTS) is 1. The van der Waals surface area contributed by atoms with Crippen LogP contribution >= 0.6 is 15.9 Å². The molecule has 12 nitrogen and oxygen atoms in total. The summed E-state index contributed by atoms with van der Waals surface area (Å²) >= 11 is 3.38. The number of piperazine rings is 1. The lowest BCUT2D eigenvalue weighted by Gasteiger charge is -2.45. The molecule has 0 radical (unpaired) electrons. The van der Waals surface area contributed by atoms with E-state index in [0.717, 1.165) is 35.1 Å². The second-order valence-corrected chi connectivity index (χ2v) is 14.4. The zero-order valence-electron chi connectivity index (χ0n) is 29.5. The van der Waals surface area contributed by atoms with Gasteiger partial charge in [0.15, 0.2) is 12.2 Å². The minimum absolute atomic E-state index is 0.00565. The van der Waals surface area contributed by atoms with Crippen molar-refractivity contribution in [2.45, 2.75) is 69.0 Å². The Labute approximate surface area is 315 Å². The summed E-state index contributed by atoms with van der Waals surface area (Å²) in [6.45, 7) is 0.836. The van der Waals surface area contributed by atoms with Crippen LogP contribution < -0.4 is 19.5 Å². The highest BCUT2D eigenvalue weighted by Gasteiger charge is 2.45. The fraction of sp³-hybridized carbons (Fsp3) is 0.410. The van der Waals surface area contributed by atoms with E-state index in [-0.39, 0.29) is 36.9 Å². The highest BCUT2D eigenvalue weighted by Crippen LogP contribution is 2.38. The Bertz CT molecular complexity index is 1850. The van der Waals surface area contributed by atoms with Gasteiger partial charge in [-0.15, -0.1) is 0 Å². The molecule has 1 saturated carbocycles. The van der Waals surface area contributed by atoms with Crippen molar-refractivity contribution in [1.29, 1.82) is 0 Å². The summed E-state index contributed by atoms with van der Waals surface area (Å²) in [7, 11) is 3.13. The molecule has 3 aliphatic rings. The molecule has 6 rings (SSSR count). The molecule has 2 bridgehead atoms. The van der Waals surface area contributed by atoms with Crippen LogP contribution in [0, 0.1) is 5.82 Å². The maximum absolute atomic E-state index is 14.8. The van der Waals surface area contributed by atoms with Crippen molar-refractivity contribution in [2.75, 3.05) is 33.9 Å². The van der Waals surface area contributed by atoms with Crippen molar-refractivity contribution < 1.29 is 48.3 Å². The highest BCUT2D eigenvalue weighted by atomic mass is 79.9. The Morgan fingerprint density at radius 1 is 0.962 bits per heavy atom. The van der Waals surface area contributed by atoms with Gasteiger partial charge >= 0.3 is 5.97 Å². The molecule has 14 heteroatoms. The lowest BCUT2D eigenvalue weighted by Crippen LogP contribution is -2.64. The number of carboxylic acids is 1. The first-order chi connectivity index (χ1) is 25.4. The fourth-order valence-electron chi connectivity index (χ4n) is 6.99. The van der Waals surface area contributed by atoms with Gasteiger partial charge in [0.05, 0.1) is 31.3 Å². The van der Waals surface area contributed by atoms with Gasteiger partial charge in [0.25, 0.3) is 11.8 Å². The lowest BCUT2D eigenvalue weighted by atomic mass is 9.82. The number of amides is 2. The van der Waals surface area contributed by atoms with Crippen LogP contribution in [0.25, 0.3) is 5.57 Å². The van der Waals surface area contributed by atoms with E-state index in [2.05, 4.69) is 21.2 Å². The summed E-state index contributed by atoms with van der Waals surface area (Å²) in [5.41, 5.74) is 4.10. The predicted molar refractivity (Wildman–Crippen MR) is 196 cm³/mol. The van der Waals surface area contributed by atoms with Gasteiger partial charge in [-0.2, -0.15) is 0 Å². The zero-order chi connectivity index (χ0) is 37.8. The quantitative estimate of drug-likeness (QED) is 0.166. The number of aliphatic carboxylic acids is 1. The standard InChI is InChI=1S/C39H43BrFN3O9/c1-51-28-14-23(15-29(18-28)52-2)19-44(27-10-11-27)37(47)34-30(17-26-20-43(21-32(34)42-26)38(48)35(45)36(46)39(49)50)24-7-5-22(6-8-24)4-3-13-53-33-16-25(41)9-12-31(33)40/h5-9,12,14-16,18,26-27,32,35-36,42,45-46H,3-4,10-11,13,17,19-21H2,1-2H3,(H,49,50)/t26-,32-,35+,36-/m1/s1. The van der Waals surface area contributed by atoms with Gasteiger partial charge in [-0.3, -0.25) is 9.59 Å². The molecule has 3 aromatic rings. The van der Waals surface area contributed by atoms with Crippen molar-refractivity contribution >= 4 is 39.3 Å². The number of rotatable bonds is 15. The summed E-state index contributed by atoms with van der Waals surface area (Å²) < 4.78 is 31.1. The number of methoxy groups -OCH3 is 2. The Morgan fingerprint density at radius 2 is 1.66 bits per heavy atom. The third kappa shape index (κ3) is 9.01. The Balaban J connectivity index is 1.27. The number of hydrogen-bond donors (Lipinski definition) is 4. The number of carbonyl (C=O) groups is 3. The van der Waals surface area contributed by atoms with Gasteiger partial charge < -0.3 is 44.6 Å². The van der Waals surface area contributed by atoms with Crippen LogP contribution in [0.5, 0.6) is 17.2 Å². The van der Waals surface area contributed by atoms with E-state index in [9.17, 15) is 34.1 Å². The van der Waals surface area contributed by atoms with Crippen molar-refractivity contribution in [3.63, 3.8) is 0 Å². The van der Waals surface area contributed by atoms with E-state index in [0.29, 0.717) is 59.7 Å². The van der Waals surface area contributed by atoms with Crippen LogP contribution in [-0.2, 0) is 27.3 Å². The van der Waals surface area contributed by atoms with Crippen LogP contribution in [0.3, 0.4) is 0 Å². The normalized spacial score (nSPS) is 19.3. The maximum Gasteiger partial charge on any atom is 0.335 e. The van der Waals surface area contributed by atoms with E-state index < -0.39 is 30.1 Å². The molecule has 282 valence electrons. The number of aliphatic hydroxyl groups excluding tert-OH is 2. The highest BCUT2D eigenvalue weighted by molar-refractivity contribution is 9.10. The SMILES string of the molecule is COc1cc(CN(C(=O)C2=C(c3ccc(CCCOc4cc(F)ccc4Br)cc3)C[C@@H]3CN(C(=O)[C@@H](O)[C@@H](O)C(=O)O)C[C@H]2N3)C2CC2)cc(OC)c1. The summed E-state index contributed by atoms with van der Waals surface area (Å²) in [4.78, 5) is 42.6. The molecule has 53 heavy (non-hydrogen) atoms. The van der Waals surface area contributed by atoms with Crippen molar-refractivity contribution in [3.05, 3.63) is 93.2 Å². The number of halogens is 2. The predicted octanol–water partition coefficient (Wildman–Crippen LogP) is 3.94. The van der Waals surface area contributed by atoms with Crippen LogP contribution in [-0.4, -0.2) is 107 Å². The number of benzene rings is 3. The molecule has 1 aliphatic carbocycles. The Kier molecular flexibility index (Phi) is 12.0. The van der Waals surface area contributed by atoms with Crippen molar-refractivity contribution in [1.82, 2.24) is 15.1 Å². The minimum Gasteiger partial charge on any atom is -0.497 e. The molecule has 4 N–H and O–H groups in total. The number of nitrogens with zero attached hydrogens (tertiary/aromatic N) is 2. The zero-order valence-corrected chi connectivity index (χ0v) is 31.1. The van der Waals surface area contributed by atoms with Gasteiger partial charge in [0.2, 0.25) is 0 Å². The Hall–Kier alpha value is -4.50. The number of aryl methyl sites for hydroxylation is 1. The first-order valence-electron chi connectivity index (χ1n) is 17.5. The molecule has 0 aromatic heterocycles. The average Bonchev–Trinajstić information content (AvgIpc) is 4.01.